The van der Waals surface area contributed by atoms with Gasteiger partial charge in [-0.05, 0) is 49.9 Å². The zero-order valence-electron chi connectivity index (χ0n) is 21.0. The summed E-state index contributed by atoms with van der Waals surface area (Å²) in [5.41, 5.74) is 2.63. The van der Waals surface area contributed by atoms with Crippen LogP contribution in [0.1, 0.15) is 57.3 Å². The number of nitrogens with zero attached hydrogens (tertiary/aromatic N) is 4. The van der Waals surface area contributed by atoms with Crippen LogP contribution in [0.3, 0.4) is 0 Å². The zero-order valence-corrected chi connectivity index (χ0v) is 21.8. The molecule has 7 nitrogen and oxygen atoms in total. The van der Waals surface area contributed by atoms with Crippen molar-refractivity contribution in [2.75, 3.05) is 13.1 Å². The largest absolute Gasteiger partial charge is 0.336 e. The molecule has 0 aliphatic carbocycles. The Balaban J connectivity index is 1.50. The number of aromatic nitrogens is 2. The van der Waals surface area contributed by atoms with Crippen molar-refractivity contribution in [3.05, 3.63) is 59.9 Å². The number of hydrogen-bond acceptors (Lipinski definition) is 4. The highest BCUT2D eigenvalue weighted by molar-refractivity contribution is 7.89. The van der Waals surface area contributed by atoms with Gasteiger partial charge in [-0.25, -0.2) is 13.4 Å². The molecule has 0 bridgehead atoms. The molecule has 1 unspecified atom stereocenters. The van der Waals surface area contributed by atoms with E-state index in [0.717, 1.165) is 42.6 Å². The Morgan fingerprint density at radius 2 is 1.80 bits per heavy atom. The summed E-state index contributed by atoms with van der Waals surface area (Å²) in [6.07, 6.45) is 4.63. The first-order valence-corrected chi connectivity index (χ1v) is 14.0. The monoisotopic (exact) mass is 496 g/mol. The van der Waals surface area contributed by atoms with Crippen LogP contribution < -0.4 is 0 Å². The van der Waals surface area contributed by atoms with Crippen molar-refractivity contribution in [3.63, 3.8) is 0 Å². The molecule has 2 heterocycles. The lowest BCUT2D eigenvalue weighted by Gasteiger charge is -2.29. The molecule has 1 atom stereocenters. The topological polar surface area (TPSA) is 75.5 Å². The Morgan fingerprint density at radius 1 is 1.09 bits per heavy atom. The van der Waals surface area contributed by atoms with Crippen LogP contribution in [0.15, 0.2) is 53.4 Å². The van der Waals surface area contributed by atoms with Crippen LogP contribution in [-0.2, 0) is 34.8 Å². The highest BCUT2D eigenvalue weighted by Crippen LogP contribution is 2.25. The second-order valence-electron chi connectivity index (χ2n) is 9.47. The molecule has 1 saturated heterocycles. The number of hydrogen-bond donors (Lipinski definition) is 0. The molecular weight excluding hydrogens is 460 g/mol. The number of carbonyl (C=O) groups excluding carboxylic acids is 1. The third-order valence-corrected chi connectivity index (χ3v) is 8.99. The summed E-state index contributed by atoms with van der Waals surface area (Å²) in [6, 6.07) is 15.4. The molecule has 1 fully saturated rings. The van der Waals surface area contributed by atoms with Crippen molar-refractivity contribution in [1.29, 1.82) is 0 Å². The van der Waals surface area contributed by atoms with Gasteiger partial charge in [0, 0.05) is 45.6 Å². The number of aryl methyl sites for hydroxylation is 2. The minimum Gasteiger partial charge on any atom is -0.336 e. The number of imidazole rings is 1. The molecule has 3 aromatic rings. The van der Waals surface area contributed by atoms with Gasteiger partial charge >= 0.3 is 0 Å². The first-order chi connectivity index (χ1) is 16.8. The molecule has 0 spiro atoms. The van der Waals surface area contributed by atoms with Gasteiger partial charge in [0.15, 0.2) is 0 Å². The molecule has 1 aromatic heterocycles. The van der Waals surface area contributed by atoms with Gasteiger partial charge in [0.1, 0.15) is 5.82 Å². The second-order valence-corrected chi connectivity index (χ2v) is 11.4. The van der Waals surface area contributed by atoms with Gasteiger partial charge in [0.05, 0.1) is 15.9 Å². The van der Waals surface area contributed by atoms with E-state index < -0.39 is 10.0 Å². The lowest BCUT2D eigenvalue weighted by molar-refractivity contribution is -0.134. The van der Waals surface area contributed by atoms with Gasteiger partial charge < -0.3 is 9.47 Å². The summed E-state index contributed by atoms with van der Waals surface area (Å²) in [7, 11) is -1.59. The van der Waals surface area contributed by atoms with E-state index in [1.807, 2.05) is 52.9 Å². The third-order valence-electron chi connectivity index (χ3n) is 7.10. The average molecular weight is 497 g/mol. The fraction of sp³-hybridized carbons (Fsp3) is 0.481. The van der Waals surface area contributed by atoms with Crippen LogP contribution >= 0.6 is 0 Å². The van der Waals surface area contributed by atoms with Crippen LogP contribution in [0.25, 0.3) is 11.0 Å². The minimum absolute atomic E-state index is 0.101. The first-order valence-electron chi connectivity index (χ1n) is 12.6. The maximum Gasteiger partial charge on any atom is 0.243 e. The number of fused-ring (bicyclic) bond motifs is 1. The number of benzene rings is 2. The second kappa shape index (κ2) is 10.9. The molecule has 1 aliphatic rings. The summed E-state index contributed by atoms with van der Waals surface area (Å²) in [5, 5.41) is 0. The van der Waals surface area contributed by atoms with Crippen molar-refractivity contribution < 1.29 is 13.2 Å². The zero-order chi connectivity index (χ0) is 25.0. The van der Waals surface area contributed by atoms with Gasteiger partial charge in [0.2, 0.25) is 15.9 Å². The molecule has 8 heteroatoms. The molecule has 188 valence electrons. The van der Waals surface area contributed by atoms with Gasteiger partial charge in [-0.2, -0.15) is 4.31 Å². The first kappa shape index (κ1) is 25.4. The van der Waals surface area contributed by atoms with Crippen molar-refractivity contribution in [1.82, 2.24) is 18.8 Å². The highest BCUT2D eigenvalue weighted by Gasteiger charge is 2.27. The van der Waals surface area contributed by atoms with Crippen molar-refractivity contribution in [2.24, 2.45) is 7.05 Å². The normalized spacial score (nSPS) is 15.9. The van der Waals surface area contributed by atoms with E-state index in [9.17, 15) is 13.2 Å². The fourth-order valence-corrected chi connectivity index (χ4v) is 6.26. The molecule has 2 aromatic carbocycles. The van der Waals surface area contributed by atoms with Crippen molar-refractivity contribution in [2.45, 2.75) is 69.9 Å². The third kappa shape index (κ3) is 5.59. The molecule has 4 rings (SSSR count). The van der Waals surface area contributed by atoms with Crippen LogP contribution in [0.5, 0.6) is 0 Å². The lowest BCUT2D eigenvalue weighted by Crippen LogP contribution is -2.38. The molecule has 1 aliphatic heterocycles. The molecule has 0 radical (unpaired) electrons. The van der Waals surface area contributed by atoms with E-state index >= 15 is 0 Å². The molecule has 0 N–H and O–H groups in total. The average Bonchev–Trinajstić information content (AvgIpc) is 3.21. The van der Waals surface area contributed by atoms with Crippen molar-refractivity contribution in [3.8, 4) is 0 Å². The Labute approximate surface area is 208 Å². The summed E-state index contributed by atoms with van der Waals surface area (Å²) in [4.78, 5) is 20.2. The van der Waals surface area contributed by atoms with Crippen LogP contribution in [0.4, 0.5) is 0 Å². The van der Waals surface area contributed by atoms with Crippen LogP contribution in [-0.4, -0.2) is 52.2 Å². The van der Waals surface area contributed by atoms with E-state index in [1.54, 1.807) is 16.4 Å². The standard InChI is InChI=1S/C27H36N4O3S/c1-4-21(2)31(20-22-11-7-5-8-12-22)27(32)16-15-26-28-24-19-23(13-14-25(24)29(26)3)35(33,34)30-17-9-6-10-18-30/h5,7-8,11-14,19,21H,4,6,9-10,15-18,20H2,1-3H3. The van der Waals surface area contributed by atoms with E-state index in [4.69, 9.17) is 4.98 Å². The van der Waals surface area contributed by atoms with Crippen molar-refractivity contribution >= 4 is 27.0 Å². The number of amides is 1. The van der Waals surface area contributed by atoms with Crippen LogP contribution in [0.2, 0.25) is 0 Å². The van der Waals surface area contributed by atoms with E-state index in [0.29, 0.717) is 42.9 Å². The Morgan fingerprint density at radius 3 is 2.49 bits per heavy atom. The lowest BCUT2D eigenvalue weighted by atomic mass is 10.1. The summed E-state index contributed by atoms with van der Waals surface area (Å²) >= 11 is 0. The van der Waals surface area contributed by atoms with E-state index in [2.05, 4.69) is 13.8 Å². The van der Waals surface area contributed by atoms with Gasteiger partial charge in [-0.3, -0.25) is 4.79 Å². The number of sulfonamides is 1. The summed E-state index contributed by atoms with van der Waals surface area (Å²) in [6.45, 7) is 5.92. The Hall–Kier alpha value is -2.71. The Bertz CT molecular complexity index is 1260. The smallest absolute Gasteiger partial charge is 0.243 e. The quantitative estimate of drug-likeness (QED) is 0.437. The number of piperidine rings is 1. The van der Waals surface area contributed by atoms with E-state index in [-0.39, 0.29) is 11.9 Å². The molecular formula is C27H36N4O3S. The fourth-order valence-electron chi connectivity index (χ4n) is 4.72. The minimum atomic E-state index is -3.51. The van der Waals surface area contributed by atoms with E-state index in [1.165, 1.54) is 0 Å². The molecule has 0 saturated carbocycles. The number of carbonyl (C=O) groups is 1. The summed E-state index contributed by atoms with van der Waals surface area (Å²) in [5.74, 6) is 0.883. The SMILES string of the molecule is CCC(C)N(Cc1ccccc1)C(=O)CCc1nc2cc(S(=O)(=O)N3CCCCC3)ccc2n1C. The molecule has 1 amide bonds. The molecule has 35 heavy (non-hydrogen) atoms. The maximum atomic E-state index is 13.2. The van der Waals surface area contributed by atoms with Gasteiger partial charge in [0.25, 0.3) is 0 Å². The van der Waals surface area contributed by atoms with Gasteiger partial charge in [-0.15, -0.1) is 0 Å². The van der Waals surface area contributed by atoms with Crippen LogP contribution in [0, 0.1) is 0 Å². The Kier molecular flexibility index (Phi) is 7.91. The predicted octanol–water partition coefficient (Wildman–Crippen LogP) is 4.51. The maximum absolute atomic E-state index is 13.2. The predicted molar refractivity (Wildman–Crippen MR) is 138 cm³/mol. The number of rotatable bonds is 9. The summed E-state index contributed by atoms with van der Waals surface area (Å²) < 4.78 is 29.7. The highest BCUT2D eigenvalue weighted by atomic mass is 32.2. The van der Waals surface area contributed by atoms with Gasteiger partial charge in [-0.1, -0.05) is 43.7 Å².